The van der Waals surface area contributed by atoms with Crippen molar-refractivity contribution in [3.63, 3.8) is 0 Å². The van der Waals surface area contributed by atoms with Crippen LogP contribution in [0.3, 0.4) is 0 Å². The van der Waals surface area contributed by atoms with E-state index in [1.165, 1.54) is 6.07 Å². The molecule has 72 heavy (non-hydrogen) atoms. The number of methoxy groups -OCH3 is 2. The van der Waals surface area contributed by atoms with E-state index in [-0.39, 0.29) is 94.0 Å². The molecule has 1 saturated heterocycles. The molecule has 1 spiro atoms. The minimum atomic E-state index is -8.74. The average molecular weight is 1080 g/mol. The molecule has 2 aromatic rings. The summed E-state index contributed by atoms with van der Waals surface area (Å²) >= 11 is 0. The highest BCUT2D eigenvalue weighted by molar-refractivity contribution is 6.15. The highest BCUT2D eigenvalue weighted by atomic mass is 19.4. The van der Waals surface area contributed by atoms with Crippen LogP contribution in [0.1, 0.15) is 66.6 Å². The highest BCUT2D eigenvalue weighted by Gasteiger charge is 2.95. The molecule has 0 aromatic carbocycles. The molecular weight excluding hydrogens is 1040 g/mol. The Morgan fingerprint density at radius 1 is 0.681 bits per heavy atom. The summed E-state index contributed by atoms with van der Waals surface area (Å²) in [7, 11) is 2.15. The predicted molar refractivity (Wildman–Crippen MR) is 198 cm³/mol. The number of hydrogen-bond donors (Lipinski definition) is 3. The molecule has 2 aliphatic rings. The number of halogens is 17. The summed E-state index contributed by atoms with van der Waals surface area (Å²) in [6, 6.07) is 2.27. The Bertz CT molecular complexity index is 2310. The molecule has 0 saturated carbocycles. The molecule has 0 unspecified atom stereocenters. The first kappa shape index (κ1) is 59.1. The SMILES string of the molecule is COC(=O)c1cc2c([nH]1)-c1c(C(=O)OC)cc(C(=O)NOCCOCCOCCOCCCNC(=O)CCC(F)(F)C(F)(F)C(F)(F)C(F)(F)C(F)(F)C(F)(F)C(F)(F)C(F)(F)F)nc1C(=O)C21OCCO1. The summed E-state index contributed by atoms with van der Waals surface area (Å²) in [6.07, 6.45) is -12.9. The fraction of sp³-hybridized carbons (Fsp3) is 0.632. The molecule has 34 heteroatoms. The number of aromatic amines is 1. The van der Waals surface area contributed by atoms with E-state index in [1.54, 1.807) is 5.32 Å². The summed E-state index contributed by atoms with van der Waals surface area (Å²) in [4.78, 5) is 75.9. The Hall–Kier alpha value is -5.45. The lowest BCUT2D eigenvalue weighted by Gasteiger charge is -2.42. The van der Waals surface area contributed by atoms with Crippen LogP contribution < -0.4 is 10.8 Å². The van der Waals surface area contributed by atoms with Gasteiger partial charge in [-0.1, -0.05) is 0 Å². The Labute approximate surface area is 391 Å². The van der Waals surface area contributed by atoms with Gasteiger partial charge >= 0.3 is 59.6 Å². The zero-order chi connectivity index (χ0) is 54.5. The summed E-state index contributed by atoms with van der Waals surface area (Å²) in [5, 5.41) is 1.77. The number of ketones is 1. The number of amides is 2. The highest BCUT2D eigenvalue weighted by Crippen LogP contribution is 2.64. The third kappa shape index (κ3) is 10.9. The average Bonchev–Trinajstić information content (AvgIpc) is 3.99. The van der Waals surface area contributed by atoms with E-state index in [1.807, 2.05) is 0 Å². The van der Waals surface area contributed by atoms with Crippen molar-refractivity contribution >= 4 is 29.5 Å². The molecule has 0 bridgehead atoms. The number of H-pyrrole nitrogens is 1. The van der Waals surface area contributed by atoms with Crippen molar-refractivity contribution in [1.82, 2.24) is 20.8 Å². The smallest absolute Gasteiger partial charge is 0.460 e. The molecule has 1 aliphatic heterocycles. The molecule has 0 atom stereocenters. The van der Waals surface area contributed by atoms with Gasteiger partial charge in [-0.2, -0.15) is 74.6 Å². The first-order chi connectivity index (χ1) is 33.2. The largest absolute Gasteiger partial charge is 0.465 e. The number of ether oxygens (including phenoxy) is 7. The van der Waals surface area contributed by atoms with Crippen LogP contribution in [0.2, 0.25) is 0 Å². The van der Waals surface area contributed by atoms with Gasteiger partial charge in [-0.15, -0.1) is 0 Å². The Kier molecular flexibility index (Phi) is 18.0. The number of nitrogens with one attached hydrogen (secondary N) is 3. The standard InChI is InChI=1S/C38H37F17N4O13/c1-65-28(63)18-16-20(57-25-23(18)24-19(17-21(58-24)29(64)66-2)31(26(25)61)70-13-14-71-31)27(62)59-72-15-12-69-11-10-68-9-8-67-7-3-6-56-22(60)4-5-30(39,40)32(41,42)33(43,44)34(45,46)35(47,48)36(49,50)37(51,52)38(53,54)55/h16-17,58H,3-15H2,1-2H3,(H,56,60)(H,59,62). The van der Waals surface area contributed by atoms with Crippen LogP contribution >= 0.6 is 0 Å². The van der Waals surface area contributed by atoms with Crippen molar-refractivity contribution in [3.05, 3.63) is 40.3 Å². The maximum atomic E-state index is 14.1. The van der Waals surface area contributed by atoms with Crippen molar-refractivity contribution in [2.45, 2.75) is 72.7 Å². The first-order valence-electron chi connectivity index (χ1n) is 20.1. The molecule has 0 radical (unpaired) electrons. The summed E-state index contributed by atoms with van der Waals surface area (Å²) in [5.74, 6) is -64.8. The number of aromatic nitrogens is 2. The van der Waals surface area contributed by atoms with Gasteiger partial charge in [-0.3, -0.25) is 19.2 Å². The van der Waals surface area contributed by atoms with Crippen LogP contribution in [0.25, 0.3) is 11.3 Å². The topological polar surface area (TPSA) is 212 Å². The van der Waals surface area contributed by atoms with Gasteiger partial charge in [0.15, 0.2) is 0 Å². The van der Waals surface area contributed by atoms with Crippen LogP contribution in [0.15, 0.2) is 12.1 Å². The van der Waals surface area contributed by atoms with E-state index >= 15 is 0 Å². The number of carbonyl (C=O) groups excluding carboxylic acids is 5. The van der Waals surface area contributed by atoms with Gasteiger partial charge in [0.2, 0.25) is 11.7 Å². The molecule has 3 N–H and O–H groups in total. The lowest BCUT2D eigenvalue weighted by molar-refractivity contribution is -0.461. The molecule has 1 fully saturated rings. The summed E-state index contributed by atoms with van der Waals surface area (Å²) in [6.45, 7) is -1.48. The van der Waals surface area contributed by atoms with E-state index < -0.39 is 114 Å². The third-order valence-electron chi connectivity index (χ3n) is 10.2. The first-order valence-corrected chi connectivity index (χ1v) is 20.1. The maximum Gasteiger partial charge on any atom is 0.460 e. The van der Waals surface area contributed by atoms with Crippen LogP contribution in [0.5, 0.6) is 0 Å². The predicted octanol–water partition coefficient (Wildman–Crippen LogP) is 6.05. The minimum absolute atomic E-state index is 0.0341. The second-order valence-corrected chi connectivity index (χ2v) is 14.8. The van der Waals surface area contributed by atoms with Crippen molar-refractivity contribution in [2.24, 2.45) is 0 Å². The summed E-state index contributed by atoms with van der Waals surface area (Å²) in [5.41, 5.74) is 0.665. The molecule has 3 heterocycles. The van der Waals surface area contributed by atoms with Gasteiger partial charge < -0.3 is 43.5 Å². The van der Waals surface area contributed by atoms with Gasteiger partial charge in [0.25, 0.3) is 11.7 Å². The third-order valence-corrected chi connectivity index (χ3v) is 10.2. The number of Topliss-reactive ketones (excluding diaryl/α,β-unsaturated/α-hetero) is 1. The molecule has 2 aromatic heterocycles. The zero-order valence-electron chi connectivity index (χ0n) is 36.5. The van der Waals surface area contributed by atoms with Crippen molar-refractivity contribution in [1.29, 1.82) is 0 Å². The fourth-order valence-corrected chi connectivity index (χ4v) is 6.38. The Morgan fingerprint density at radius 2 is 1.18 bits per heavy atom. The molecular formula is C38H37F17N4O13. The minimum Gasteiger partial charge on any atom is -0.465 e. The second-order valence-electron chi connectivity index (χ2n) is 14.8. The van der Waals surface area contributed by atoms with Crippen LogP contribution in [0.4, 0.5) is 74.6 Å². The number of fused-ring (bicyclic) bond motifs is 4. The monoisotopic (exact) mass is 1080 g/mol. The van der Waals surface area contributed by atoms with Crippen molar-refractivity contribution in [3.8, 4) is 11.3 Å². The molecule has 2 amide bonds. The maximum absolute atomic E-state index is 14.1. The van der Waals surface area contributed by atoms with Crippen molar-refractivity contribution in [2.75, 3.05) is 80.2 Å². The molecule has 406 valence electrons. The normalized spacial score (nSPS) is 15.6. The van der Waals surface area contributed by atoms with E-state index in [0.717, 1.165) is 20.3 Å². The quantitative estimate of drug-likeness (QED) is 0.0424. The second kappa shape index (κ2) is 21.9. The number of esters is 2. The van der Waals surface area contributed by atoms with Gasteiger partial charge in [0.1, 0.15) is 17.1 Å². The zero-order valence-corrected chi connectivity index (χ0v) is 36.5. The lowest BCUT2D eigenvalue weighted by atomic mass is 9.85. The Morgan fingerprint density at radius 3 is 1.71 bits per heavy atom. The number of hydroxylamine groups is 1. The number of pyridine rings is 1. The molecule has 4 rings (SSSR count). The van der Waals surface area contributed by atoms with E-state index in [4.69, 9.17) is 38.0 Å². The number of hydrogen-bond acceptors (Lipinski definition) is 14. The van der Waals surface area contributed by atoms with Crippen LogP contribution in [-0.4, -0.2) is 167 Å². The van der Waals surface area contributed by atoms with Gasteiger partial charge in [0, 0.05) is 37.1 Å². The van der Waals surface area contributed by atoms with E-state index in [9.17, 15) is 98.6 Å². The van der Waals surface area contributed by atoms with E-state index in [2.05, 4.69) is 15.4 Å². The van der Waals surface area contributed by atoms with E-state index in [0.29, 0.717) is 0 Å². The van der Waals surface area contributed by atoms with Gasteiger partial charge in [0.05, 0.1) is 78.3 Å². The molecule has 1 aliphatic carbocycles. The molecule has 17 nitrogen and oxygen atoms in total. The Balaban J connectivity index is 1.13. The van der Waals surface area contributed by atoms with Crippen LogP contribution in [-0.2, 0) is 48.6 Å². The van der Waals surface area contributed by atoms with Gasteiger partial charge in [-0.05, 0) is 18.6 Å². The summed E-state index contributed by atoms with van der Waals surface area (Å²) < 4.78 is 265. The van der Waals surface area contributed by atoms with Crippen LogP contribution in [0, 0.1) is 0 Å². The number of alkyl halides is 17. The van der Waals surface area contributed by atoms with Crippen molar-refractivity contribution < 1.29 is 137 Å². The lowest BCUT2D eigenvalue weighted by Crippen LogP contribution is -2.74. The van der Waals surface area contributed by atoms with Gasteiger partial charge in [-0.25, -0.2) is 20.1 Å². The fourth-order valence-electron chi connectivity index (χ4n) is 6.38. The number of nitrogens with zero attached hydrogens (tertiary/aromatic N) is 1. The number of rotatable bonds is 26. The number of carbonyl (C=O) groups is 5.